The van der Waals surface area contributed by atoms with Crippen molar-refractivity contribution in [2.75, 3.05) is 4.90 Å². The molecular weight excluding hydrogens is 468 g/mol. The highest BCUT2D eigenvalue weighted by Gasteiger charge is 2.44. The Balaban J connectivity index is 1.64. The van der Waals surface area contributed by atoms with Crippen molar-refractivity contribution in [3.63, 3.8) is 0 Å². The summed E-state index contributed by atoms with van der Waals surface area (Å²) in [5.41, 5.74) is -2.80. The molecule has 0 unspecified atom stereocenters. The number of anilines is 1. The van der Waals surface area contributed by atoms with E-state index < -0.39 is 67.0 Å². The molecule has 0 aromatic heterocycles. The summed E-state index contributed by atoms with van der Waals surface area (Å²) in [6, 6.07) is 11.2. The lowest BCUT2D eigenvalue weighted by Crippen LogP contribution is -2.31. The second-order valence-electron chi connectivity index (χ2n) is 6.75. The SMILES string of the molecule is O=C(NS(=O)(=O)c1ccc(N2C(=O)c3c(F)c(F)c(F)c(F)c3C2=O)cc1)c1ccccc1. The zero-order chi connectivity index (χ0) is 24.1. The fourth-order valence-corrected chi connectivity index (χ4v) is 4.16. The molecule has 3 amide bonds. The van der Waals surface area contributed by atoms with E-state index in [-0.39, 0.29) is 16.2 Å². The Bertz CT molecular complexity index is 1390. The van der Waals surface area contributed by atoms with E-state index in [4.69, 9.17) is 0 Å². The molecule has 4 rings (SSSR count). The lowest BCUT2D eigenvalue weighted by Gasteiger charge is -2.14. The molecule has 0 radical (unpaired) electrons. The Morgan fingerprint density at radius 2 is 1.21 bits per heavy atom. The zero-order valence-corrected chi connectivity index (χ0v) is 16.9. The van der Waals surface area contributed by atoms with Crippen LogP contribution in [0.3, 0.4) is 0 Å². The van der Waals surface area contributed by atoms with Crippen molar-refractivity contribution < 1.29 is 40.4 Å². The first-order valence-electron chi connectivity index (χ1n) is 9.01. The van der Waals surface area contributed by atoms with Crippen LogP contribution in [0.1, 0.15) is 31.1 Å². The Morgan fingerprint density at radius 3 is 1.70 bits per heavy atom. The van der Waals surface area contributed by atoms with Crippen LogP contribution in [0.15, 0.2) is 59.5 Å². The third-order valence-electron chi connectivity index (χ3n) is 4.77. The van der Waals surface area contributed by atoms with E-state index in [1.54, 1.807) is 6.07 Å². The van der Waals surface area contributed by atoms with Gasteiger partial charge in [0.25, 0.3) is 27.7 Å². The first kappa shape index (κ1) is 22.1. The van der Waals surface area contributed by atoms with Crippen molar-refractivity contribution in [1.29, 1.82) is 0 Å². The summed E-state index contributed by atoms with van der Waals surface area (Å²) in [6.45, 7) is 0. The van der Waals surface area contributed by atoms with Crippen LogP contribution < -0.4 is 9.62 Å². The molecule has 1 aliphatic rings. The molecule has 0 saturated carbocycles. The van der Waals surface area contributed by atoms with Crippen LogP contribution in [0.25, 0.3) is 0 Å². The second kappa shape index (κ2) is 7.81. The number of sulfonamides is 1. The van der Waals surface area contributed by atoms with Crippen molar-refractivity contribution in [2.45, 2.75) is 4.90 Å². The third kappa shape index (κ3) is 3.53. The molecule has 3 aromatic carbocycles. The summed E-state index contributed by atoms with van der Waals surface area (Å²) in [7, 11) is -4.36. The monoisotopic (exact) mass is 478 g/mol. The lowest BCUT2D eigenvalue weighted by molar-refractivity contribution is 0.0921. The molecule has 0 fully saturated rings. The van der Waals surface area contributed by atoms with Gasteiger partial charge in [-0.2, -0.15) is 0 Å². The van der Waals surface area contributed by atoms with Crippen LogP contribution in [0.2, 0.25) is 0 Å². The molecule has 0 atom stereocenters. The molecule has 33 heavy (non-hydrogen) atoms. The minimum absolute atomic E-state index is 0.0761. The molecule has 0 aliphatic carbocycles. The smallest absolute Gasteiger partial charge is 0.268 e. The maximum atomic E-state index is 14.0. The standard InChI is InChI=1S/C21H10F4N2O5S/c22-15-13-14(16(23)18(25)17(15)24)21(30)27(20(13)29)11-6-8-12(9-7-11)33(31,32)26-19(28)10-4-2-1-3-5-10/h1-9H,(H,26,28). The lowest BCUT2D eigenvalue weighted by atomic mass is 10.1. The van der Waals surface area contributed by atoms with E-state index in [9.17, 15) is 40.4 Å². The van der Waals surface area contributed by atoms with Gasteiger partial charge in [0.2, 0.25) is 0 Å². The average Bonchev–Trinajstić information content (AvgIpc) is 3.06. The highest BCUT2D eigenvalue weighted by molar-refractivity contribution is 7.90. The highest BCUT2D eigenvalue weighted by Crippen LogP contribution is 2.34. The summed E-state index contributed by atoms with van der Waals surface area (Å²) in [5, 5.41) is 0. The molecule has 12 heteroatoms. The largest absolute Gasteiger partial charge is 0.269 e. The molecule has 0 spiro atoms. The molecule has 168 valence electrons. The normalized spacial score (nSPS) is 13.3. The van der Waals surface area contributed by atoms with Crippen molar-refractivity contribution in [3.05, 3.63) is 94.6 Å². The molecule has 1 aliphatic heterocycles. The van der Waals surface area contributed by atoms with E-state index in [0.717, 1.165) is 24.3 Å². The number of nitrogens with one attached hydrogen (secondary N) is 1. The van der Waals surface area contributed by atoms with Gasteiger partial charge in [-0.1, -0.05) is 18.2 Å². The minimum atomic E-state index is -4.36. The molecule has 7 nitrogen and oxygen atoms in total. The van der Waals surface area contributed by atoms with Gasteiger partial charge in [-0.25, -0.2) is 35.6 Å². The van der Waals surface area contributed by atoms with E-state index in [1.807, 2.05) is 4.72 Å². The number of rotatable bonds is 4. The van der Waals surface area contributed by atoms with Crippen LogP contribution in [0.5, 0.6) is 0 Å². The van der Waals surface area contributed by atoms with Gasteiger partial charge < -0.3 is 0 Å². The van der Waals surface area contributed by atoms with Crippen molar-refractivity contribution in [1.82, 2.24) is 4.72 Å². The Kier molecular flexibility index (Phi) is 5.24. The number of hydrogen-bond donors (Lipinski definition) is 1. The Hall–Kier alpha value is -4.06. The number of imide groups is 1. The minimum Gasteiger partial charge on any atom is -0.268 e. The van der Waals surface area contributed by atoms with Crippen LogP contribution in [-0.2, 0) is 10.0 Å². The number of carbonyl (C=O) groups is 3. The van der Waals surface area contributed by atoms with E-state index in [2.05, 4.69) is 0 Å². The Morgan fingerprint density at radius 1 is 0.727 bits per heavy atom. The van der Waals surface area contributed by atoms with Gasteiger partial charge in [0, 0.05) is 5.56 Å². The van der Waals surface area contributed by atoms with Crippen LogP contribution in [0, 0.1) is 23.3 Å². The van der Waals surface area contributed by atoms with Crippen molar-refractivity contribution >= 4 is 33.4 Å². The van der Waals surface area contributed by atoms with Crippen LogP contribution >= 0.6 is 0 Å². The summed E-state index contributed by atoms with van der Waals surface area (Å²) >= 11 is 0. The molecule has 1 N–H and O–H groups in total. The van der Waals surface area contributed by atoms with Gasteiger partial charge in [-0.15, -0.1) is 0 Å². The summed E-state index contributed by atoms with van der Waals surface area (Å²) in [4.78, 5) is 36.9. The number of nitrogens with zero attached hydrogens (tertiary/aromatic N) is 1. The van der Waals surface area contributed by atoms with Crippen LogP contribution in [-0.4, -0.2) is 26.1 Å². The Labute approximate surface area is 183 Å². The number of fused-ring (bicyclic) bond motifs is 1. The topological polar surface area (TPSA) is 101 Å². The molecule has 0 saturated heterocycles. The van der Waals surface area contributed by atoms with Gasteiger partial charge >= 0.3 is 0 Å². The van der Waals surface area contributed by atoms with E-state index in [1.165, 1.54) is 24.3 Å². The summed E-state index contributed by atoms with van der Waals surface area (Å²) < 4.78 is 81.9. The van der Waals surface area contributed by atoms with Gasteiger partial charge in [-0.3, -0.25) is 14.4 Å². The molecule has 3 aromatic rings. The van der Waals surface area contributed by atoms with Gasteiger partial charge in [0.1, 0.15) is 0 Å². The van der Waals surface area contributed by atoms with E-state index in [0.29, 0.717) is 0 Å². The van der Waals surface area contributed by atoms with E-state index >= 15 is 0 Å². The van der Waals surface area contributed by atoms with Gasteiger partial charge in [-0.05, 0) is 36.4 Å². The van der Waals surface area contributed by atoms with Gasteiger partial charge in [0.05, 0.1) is 21.7 Å². The number of benzene rings is 3. The predicted octanol–water partition coefficient (Wildman–Crippen LogP) is 3.16. The first-order valence-corrected chi connectivity index (χ1v) is 10.5. The fraction of sp³-hybridized carbons (Fsp3) is 0. The zero-order valence-electron chi connectivity index (χ0n) is 16.1. The highest BCUT2D eigenvalue weighted by atomic mass is 32.2. The predicted molar refractivity (Wildman–Crippen MR) is 105 cm³/mol. The number of halogens is 4. The molecule has 1 heterocycles. The maximum absolute atomic E-state index is 14.0. The van der Waals surface area contributed by atoms with Crippen molar-refractivity contribution in [3.8, 4) is 0 Å². The average molecular weight is 478 g/mol. The van der Waals surface area contributed by atoms with Crippen molar-refractivity contribution in [2.24, 2.45) is 0 Å². The third-order valence-corrected chi connectivity index (χ3v) is 6.12. The summed E-state index contributed by atoms with van der Waals surface area (Å²) in [6.07, 6.45) is 0. The first-order chi connectivity index (χ1) is 15.5. The molecular formula is C21H10F4N2O5S. The number of hydrogen-bond acceptors (Lipinski definition) is 5. The second-order valence-corrected chi connectivity index (χ2v) is 8.43. The summed E-state index contributed by atoms with van der Waals surface area (Å²) in [5.74, 6) is -12.4. The fourth-order valence-electron chi connectivity index (χ4n) is 3.19. The quantitative estimate of drug-likeness (QED) is 0.269. The maximum Gasteiger partial charge on any atom is 0.269 e. The molecule has 0 bridgehead atoms. The number of amides is 3. The van der Waals surface area contributed by atoms with Gasteiger partial charge in [0.15, 0.2) is 23.3 Å². The van der Waals surface area contributed by atoms with Crippen LogP contribution in [0.4, 0.5) is 23.2 Å². The number of carbonyl (C=O) groups excluding carboxylic acids is 3.